The number of ether oxygens (including phenoxy) is 3. The molecule has 0 aromatic rings. The van der Waals surface area contributed by atoms with E-state index in [1.807, 2.05) is 0 Å². The van der Waals surface area contributed by atoms with Crippen LogP contribution in [0.3, 0.4) is 0 Å². The van der Waals surface area contributed by atoms with Crippen LogP contribution in [0.1, 0.15) is 303 Å². The van der Waals surface area contributed by atoms with Gasteiger partial charge in [-0.1, -0.05) is 258 Å². The molecule has 360 valence electrons. The maximum absolute atomic E-state index is 12.6. The van der Waals surface area contributed by atoms with E-state index < -0.39 is 6.10 Å². The molecule has 0 bridgehead atoms. The smallest absolute Gasteiger partial charge is 0.306 e. The fourth-order valence-corrected chi connectivity index (χ4v) is 8.15. The van der Waals surface area contributed by atoms with E-state index in [4.69, 9.17) is 14.2 Å². The average molecular weight is 861 g/mol. The first-order valence-corrected chi connectivity index (χ1v) is 27.2. The van der Waals surface area contributed by atoms with E-state index in [0.29, 0.717) is 19.3 Å². The molecule has 6 heteroatoms. The maximum atomic E-state index is 12.6. The normalized spacial score (nSPS) is 12.0. The molecule has 0 aliphatic carbocycles. The minimum atomic E-state index is -0.765. The molecule has 0 N–H and O–H groups in total. The number of carbonyl (C=O) groups excluding carboxylic acids is 3. The zero-order valence-electron chi connectivity index (χ0n) is 41.2. The Morgan fingerprint density at radius 3 is 0.885 bits per heavy atom. The fourth-order valence-electron chi connectivity index (χ4n) is 8.15. The number of allylic oxidation sites excluding steroid dienone is 2. The number of carbonyl (C=O) groups is 3. The maximum Gasteiger partial charge on any atom is 0.306 e. The summed E-state index contributed by atoms with van der Waals surface area (Å²) >= 11 is 0. The molecular formula is C55H104O6. The second-order valence-corrected chi connectivity index (χ2v) is 18.5. The standard InChI is InChI=1S/C55H104O6/c1-4-7-10-13-15-17-19-20-21-22-23-24-25-26-27-28-29-30-31-32-33-34-35-36-38-39-42-45-48-54(57)60-51-52(50-59-53(56)47-44-41-12-9-6-3)61-55(58)49-46-43-40-37-18-16-14-11-8-5-2/h11,14,52H,4-10,12-13,15-51H2,1-3H3/b14-11-. The van der Waals surface area contributed by atoms with E-state index in [1.54, 1.807) is 0 Å². The summed E-state index contributed by atoms with van der Waals surface area (Å²) in [5, 5.41) is 0. The molecule has 0 saturated carbocycles. The van der Waals surface area contributed by atoms with E-state index in [9.17, 15) is 14.4 Å². The number of hydrogen-bond acceptors (Lipinski definition) is 6. The molecule has 61 heavy (non-hydrogen) atoms. The summed E-state index contributed by atoms with van der Waals surface area (Å²) in [5.41, 5.74) is 0. The highest BCUT2D eigenvalue weighted by Crippen LogP contribution is 2.17. The molecule has 0 fully saturated rings. The summed E-state index contributed by atoms with van der Waals surface area (Å²) in [6.07, 6.45) is 57.0. The Bertz CT molecular complexity index is 947. The van der Waals surface area contributed by atoms with Crippen LogP contribution in [0.25, 0.3) is 0 Å². The molecule has 1 atom stereocenters. The van der Waals surface area contributed by atoms with Crippen LogP contribution in [-0.2, 0) is 28.6 Å². The van der Waals surface area contributed by atoms with Gasteiger partial charge in [0, 0.05) is 19.3 Å². The van der Waals surface area contributed by atoms with Crippen molar-refractivity contribution in [1.29, 1.82) is 0 Å². The van der Waals surface area contributed by atoms with Gasteiger partial charge < -0.3 is 14.2 Å². The lowest BCUT2D eigenvalue weighted by atomic mass is 10.0. The van der Waals surface area contributed by atoms with Crippen molar-refractivity contribution in [3.05, 3.63) is 12.2 Å². The van der Waals surface area contributed by atoms with Crippen LogP contribution in [0.15, 0.2) is 12.2 Å². The Kier molecular flexibility index (Phi) is 49.3. The average Bonchev–Trinajstić information content (AvgIpc) is 3.26. The first kappa shape index (κ1) is 59.1. The topological polar surface area (TPSA) is 78.9 Å². The lowest BCUT2D eigenvalue weighted by Gasteiger charge is -2.18. The third kappa shape index (κ3) is 49.0. The van der Waals surface area contributed by atoms with Gasteiger partial charge in [0.05, 0.1) is 0 Å². The van der Waals surface area contributed by atoms with Crippen LogP contribution in [0, 0.1) is 0 Å². The Hall–Kier alpha value is -1.85. The highest BCUT2D eigenvalue weighted by atomic mass is 16.6. The molecule has 0 radical (unpaired) electrons. The van der Waals surface area contributed by atoms with Crippen molar-refractivity contribution in [1.82, 2.24) is 0 Å². The number of unbranched alkanes of at least 4 members (excludes halogenated alkanes) is 37. The van der Waals surface area contributed by atoms with Crippen LogP contribution < -0.4 is 0 Å². The van der Waals surface area contributed by atoms with Gasteiger partial charge in [0.2, 0.25) is 0 Å². The molecule has 0 aromatic carbocycles. The fraction of sp³-hybridized carbons (Fsp3) is 0.909. The van der Waals surface area contributed by atoms with Crippen molar-refractivity contribution in [3.63, 3.8) is 0 Å². The first-order chi connectivity index (χ1) is 30.0. The quantitative estimate of drug-likeness (QED) is 0.0262. The summed E-state index contributed by atoms with van der Waals surface area (Å²) < 4.78 is 16.6. The number of hydrogen-bond donors (Lipinski definition) is 0. The van der Waals surface area contributed by atoms with Crippen molar-refractivity contribution in [2.75, 3.05) is 13.2 Å². The molecule has 0 aromatic heterocycles. The summed E-state index contributed by atoms with van der Waals surface area (Å²) in [6, 6.07) is 0. The van der Waals surface area contributed by atoms with Gasteiger partial charge in [0.15, 0.2) is 6.10 Å². The Morgan fingerprint density at radius 2 is 0.574 bits per heavy atom. The van der Waals surface area contributed by atoms with E-state index >= 15 is 0 Å². The highest BCUT2D eigenvalue weighted by Gasteiger charge is 2.19. The molecule has 0 heterocycles. The van der Waals surface area contributed by atoms with E-state index in [-0.39, 0.29) is 31.1 Å². The summed E-state index contributed by atoms with van der Waals surface area (Å²) in [6.45, 7) is 6.52. The minimum Gasteiger partial charge on any atom is -0.462 e. The van der Waals surface area contributed by atoms with Crippen molar-refractivity contribution in [2.24, 2.45) is 0 Å². The third-order valence-electron chi connectivity index (χ3n) is 12.3. The lowest BCUT2D eigenvalue weighted by Crippen LogP contribution is -2.30. The predicted octanol–water partition coefficient (Wildman–Crippen LogP) is 17.8. The molecule has 0 aliphatic heterocycles. The molecule has 0 aliphatic rings. The lowest BCUT2D eigenvalue weighted by molar-refractivity contribution is -0.167. The Labute approximate surface area is 380 Å². The molecule has 1 unspecified atom stereocenters. The SMILES string of the molecule is CCC/C=C\CCCCCCCC(=O)OC(COC(=O)CCCCCCC)COC(=O)CCCCCCCCCCCCCCCCCCCCCCCCCCCCCC. The Morgan fingerprint density at radius 1 is 0.311 bits per heavy atom. The van der Waals surface area contributed by atoms with Gasteiger partial charge in [0.1, 0.15) is 13.2 Å². The van der Waals surface area contributed by atoms with Crippen LogP contribution >= 0.6 is 0 Å². The minimum absolute atomic E-state index is 0.0700. The zero-order chi connectivity index (χ0) is 44.4. The number of rotatable bonds is 50. The van der Waals surface area contributed by atoms with Crippen LogP contribution in [-0.4, -0.2) is 37.2 Å². The summed E-state index contributed by atoms with van der Waals surface area (Å²) in [5.74, 6) is -0.883. The van der Waals surface area contributed by atoms with Crippen molar-refractivity contribution in [2.45, 2.75) is 309 Å². The van der Waals surface area contributed by atoms with Crippen LogP contribution in [0.5, 0.6) is 0 Å². The van der Waals surface area contributed by atoms with Crippen LogP contribution in [0.2, 0.25) is 0 Å². The highest BCUT2D eigenvalue weighted by molar-refractivity contribution is 5.71. The van der Waals surface area contributed by atoms with Gasteiger partial charge in [-0.15, -0.1) is 0 Å². The van der Waals surface area contributed by atoms with Crippen LogP contribution in [0.4, 0.5) is 0 Å². The molecular weight excluding hydrogens is 757 g/mol. The molecule has 6 nitrogen and oxygen atoms in total. The summed E-state index contributed by atoms with van der Waals surface area (Å²) in [7, 11) is 0. The first-order valence-electron chi connectivity index (χ1n) is 27.2. The zero-order valence-corrected chi connectivity index (χ0v) is 41.2. The van der Waals surface area contributed by atoms with E-state index in [0.717, 1.165) is 83.5 Å². The van der Waals surface area contributed by atoms with E-state index in [1.165, 1.54) is 180 Å². The van der Waals surface area contributed by atoms with Gasteiger partial charge in [0.25, 0.3) is 0 Å². The van der Waals surface area contributed by atoms with Gasteiger partial charge in [-0.3, -0.25) is 14.4 Å². The monoisotopic (exact) mass is 861 g/mol. The van der Waals surface area contributed by atoms with Crippen molar-refractivity contribution < 1.29 is 28.6 Å². The van der Waals surface area contributed by atoms with Crippen molar-refractivity contribution in [3.8, 4) is 0 Å². The largest absolute Gasteiger partial charge is 0.462 e. The molecule has 0 spiro atoms. The Balaban J connectivity index is 3.87. The second-order valence-electron chi connectivity index (χ2n) is 18.5. The molecule has 0 amide bonds. The van der Waals surface area contributed by atoms with E-state index in [2.05, 4.69) is 32.9 Å². The van der Waals surface area contributed by atoms with Gasteiger partial charge >= 0.3 is 17.9 Å². The third-order valence-corrected chi connectivity index (χ3v) is 12.3. The predicted molar refractivity (Wildman–Crippen MR) is 261 cm³/mol. The van der Waals surface area contributed by atoms with Gasteiger partial charge in [-0.25, -0.2) is 0 Å². The summed E-state index contributed by atoms with van der Waals surface area (Å²) in [4.78, 5) is 37.5. The van der Waals surface area contributed by atoms with Gasteiger partial charge in [-0.2, -0.15) is 0 Å². The molecule has 0 rings (SSSR count). The van der Waals surface area contributed by atoms with Gasteiger partial charge in [-0.05, 0) is 38.5 Å². The van der Waals surface area contributed by atoms with Crippen molar-refractivity contribution >= 4 is 17.9 Å². The molecule has 0 saturated heterocycles. The number of esters is 3. The second kappa shape index (κ2) is 50.8.